The number of amides is 2. The molecule has 2 amide bonds. The van der Waals surface area contributed by atoms with Crippen LogP contribution in [0.25, 0.3) is 5.69 Å². The minimum atomic E-state index is -1.12. The van der Waals surface area contributed by atoms with E-state index in [0.29, 0.717) is 11.4 Å². The Balaban J connectivity index is 1.79. The molecule has 3 aromatic rings. The Bertz CT molecular complexity index is 1210. The van der Waals surface area contributed by atoms with E-state index in [2.05, 4.69) is 16.3 Å². The standard InChI is InChI=1S/C23H18N4O2/c1-3-12-26-20-15(2)8-7-11-17(20)23(22(26)29)13-19(28)25-21-18(23)14-24-27(21)16-9-5-4-6-10-16/h1,4-11,14H,12-13H2,2H3,(H,25,28)/t23-/m1/s1. The van der Waals surface area contributed by atoms with Crippen molar-refractivity contribution in [2.24, 2.45) is 0 Å². The number of fused-ring (bicyclic) bond motifs is 4. The van der Waals surface area contributed by atoms with Gasteiger partial charge in [-0.1, -0.05) is 42.3 Å². The molecule has 2 aromatic carbocycles. The van der Waals surface area contributed by atoms with Crippen LogP contribution in [0.3, 0.4) is 0 Å². The number of carbonyl (C=O) groups is 2. The van der Waals surface area contributed by atoms with Gasteiger partial charge < -0.3 is 5.32 Å². The van der Waals surface area contributed by atoms with Crippen LogP contribution in [0.1, 0.15) is 23.1 Å². The third kappa shape index (κ3) is 2.21. The topological polar surface area (TPSA) is 67.2 Å². The molecule has 3 heterocycles. The predicted molar refractivity (Wildman–Crippen MR) is 110 cm³/mol. The maximum atomic E-state index is 13.7. The van der Waals surface area contributed by atoms with Gasteiger partial charge in [0.25, 0.3) is 0 Å². The van der Waals surface area contributed by atoms with Gasteiger partial charge in [-0.15, -0.1) is 6.42 Å². The molecule has 0 saturated carbocycles. The molecule has 5 rings (SSSR count). The molecule has 29 heavy (non-hydrogen) atoms. The zero-order valence-electron chi connectivity index (χ0n) is 15.8. The van der Waals surface area contributed by atoms with Gasteiger partial charge in [-0.05, 0) is 30.2 Å². The summed E-state index contributed by atoms with van der Waals surface area (Å²) in [5, 5.41) is 7.43. The van der Waals surface area contributed by atoms with Gasteiger partial charge in [0.15, 0.2) is 0 Å². The highest BCUT2D eigenvalue weighted by atomic mass is 16.2. The fourth-order valence-corrected chi connectivity index (χ4v) is 4.54. The van der Waals surface area contributed by atoms with Gasteiger partial charge in [0.1, 0.15) is 11.2 Å². The summed E-state index contributed by atoms with van der Waals surface area (Å²) in [5.74, 6) is 2.70. The lowest BCUT2D eigenvalue weighted by Gasteiger charge is -2.32. The van der Waals surface area contributed by atoms with E-state index in [9.17, 15) is 9.59 Å². The zero-order valence-corrected chi connectivity index (χ0v) is 15.8. The summed E-state index contributed by atoms with van der Waals surface area (Å²) < 4.78 is 1.67. The Morgan fingerprint density at radius 3 is 2.69 bits per heavy atom. The molecule has 2 aliphatic heterocycles. The number of para-hydroxylation sites is 2. The van der Waals surface area contributed by atoms with Crippen LogP contribution in [-0.4, -0.2) is 28.1 Å². The molecule has 1 N–H and O–H groups in total. The molecule has 0 bridgehead atoms. The Labute approximate surface area is 168 Å². The molecular formula is C23H18N4O2. The average Bonchev–Trinajstić information content (AvgIpc) is 3.24. The van der Waals surface area contributed by atoms with Gasteiger partial charge >= 0.3 is 0 Å². The highest BCUT2D eigenvalue weighted by molar-refractivity contribution is 6.16. The van der Waals surface area contributed by atoms with Crippen molar-refractivity contribution in [3.8, 4) is 18.0 Å². The number of terminal acetylenes is 1. The first-order valence-corrected chi connectivity index (χ1v) is 9.37. The van der Waals surface area contributed by atoms with Gasteiger partial charge in [-0.25, -0.2) is 4.68 Å². The third-order valence-electron chi connectivity index (χ3n) is 5.74. The molecule has 0 aliphatic carbocycles. The van der Waals surface area contributed by atoms with E-state index in [1.165, 1.54) is 0 Å². The number of nitrogens with zero attached hydrogens (tertiary/aromatic N) is 3. The number of aromatic nitrogens is 2. The van der Waals surface area contributed by atoms with Crippen LogP contribution >= 0.6 is 0 Å². The number of rotatable bonds is 2. The highest BCUT2D eigenvalue weighted by Gasteiger charge is 2.57. The van der Waals surface area contributed by atoms with E-state index in [4.69, 9.17) is 6.42 Å². The first kappa shape index (κ1) is 17.3. The molecule has 0 saturated heterocycles. The second kappa shape index (κ2) is 6.08. The molecule has 0 fully saturated rings. The van der Waals surface area contributed by atoms with Crippen molar-refractivity contribution < 1.29 is 9.59 Å². The second-order valence-corrected chi connectivity index (χ2v) is 7.35. The van der Waals surface area contributed by atoms with Crippen molar-refractivity contribution in [2.45, 2.75) is 18.8 Å². The highest BCUT2D eigenvalue weighted by Crippen LogP contribution is 2.53. The van der Waals surface area contributed by atoms with E-state index < -0.39 is 5.41 Å². The average molecular weight is 382 g/mol. The molecule has 2 aliphatic rings. The second-order valence-electron chi connectivity index (χ2n) is 7.35. The molecular weight excluding hydrogens is 364 g/mol. The normalized spacial score (nSPS) is 19.7. The number of nitrogens with one attached hydrogen (secondary N) is 1. The van der Waals surface area contributed by atoms with E-state index in [0.717, 1.165) is 22.5 Å². The number of anilines is 2. The van der Waals surface area contributed by atoms with Crippen molar-refractivity contribution in [1.29, 1.82) is 0 Å². The fourth-order valence-electron chi connectivity index (χ4n) is 4.54. The van der Waals surface area contributed by atoms with Crippen LogP contribution < -0.4 is 10.2 Å². The van der Waals surface area contributed by atoms with Crippen LogP contribution in [0.5, 0.6) is 0 Å². The van der Waals surface area contributed by atoms with E-state index in [-0.39, 0.29) is 24.8 Å². The summed E-state index contributed by atoms with van der Waals surface area (Å²) in [5.41, 5.74) is 2.93. The first-order valence-electron chi connectivity index (χ1n) is 9.37. The van der Waals surface area contributed by atoms with Gasteiger partial charge in [-0.3, -0.25) is 14.5 Å². The van der Waals surface area contributed by atoms with Crippen molar-refractivity contribution in [3.63, 3.8) is 0 Å². The number of aryl methyl sites for hydroxylation is 1. The summed E-state index contributed by atoms with van der Waals surface area (Å²) in [6.07, 6.45) is 7.27. The Hall–Kier alpha value is -3.85. The van der Waals surface area contributed by atoms with E-state index in [1.54, 1.807) is 15.8 Å². The lowest BCUT2D eigenvalue weighted by atomic mass is 9.71. The summed E-state index contributed by atoms with van der Waals surface area (Å²) in [7, 11) is 0. The van der Waals surface area contributed by atoms with Crippen molar-refractivity contribution in [1.82, 2.24) is 9.78 Å². The van der Waals surface area contributed by atoms with Crippen LogP contribution in [-0.2, 0) is 15.0 Å². The SMILES string of the molecule is C#CCN1C(=O)[C@]2(CC(=O)Nc3c2cnn3-c2ccccc2)c2cccc(C)c21. The largest absolute Gasteiger partial charge is 0.310 e. The van der Waals surface area contributed by atoms with E-state index in [1.807, 2.05) is 55.5 Å². The summed E-state index contributed by atoms with van der Waals surface area (Å²) in [6, 6.07) is 15.3. The molecule has 6 nitrogen and oxygen atoms in total. The quantitative estimate of drug-likeness (QED) is 0.693. The maximum Gasteiger partial charge on any atom is 0.243 e. The summed E-state index contributed by atoms with van der Waals surface area (Å²) in [6.45, 7) is 2.11. The number of hydrogen-bond donors (Lipinski definition) is 1. The van der Waals surface area contributed by atoms with Gasteiger partial charge in [-0.2, -0.15) is 5.10 Å². The fraction of sp³-hybridized carbons (Fsp3) is 0.174. The minimum Gasteiger partial charge on any atom is -0.310 e. The molecule has 0 radical (unpaired) electrons. The Morgan fingerprint density at radius 1 is 1.14 bits per heavy atom. The molecule has 0 unspecified atom stereocenters. The Kier molecular flexibility index (Phi) is 3.62. The predicted octanol–water partition coefficient (Wildman–Crippen LogP) is 2.79. The zero-order chi connectivity index (χ0) is 20.2. The van der Waals surface area contributed by atoms with Gasteiger partial charge in [0.2, 0.25) is 11.8 Å². The number of hydrogen-bond acceptors (Lipinski definition) is 3. The van der Waals surface area contributed by atoms with Crippen molar-refractivity contribution >= 4 is 23.3 Å². The Morgan fingerprint density at radius 2 is 1.93 bits per heavy atom. The smallest absolute Gasteiger partial charge is 0.243 e. The summed E-state index contributed by atoms with van der Waals surface area (Å²) >= 11 is 0. The van der Waals surface area contributed by atoms with Crippen LogP contribution in [0.2, 0.25) is 0 Å². The van der Waals surface area contributed by atoms with Crippen LogP contribution in [0.4, 0.5) is 11.5 Å². The molecule has 6 heteroatoms. The molecule has 142 valence electrons. The van der Waals surface area contributed by atoms with Crippen molar-refractivity contribution in [3.05, 3.63) is 71.4 Å². The molecule has 1 spiro atoms. The van der Waals surface area contributed by atoms with Crippen molar-refractivity contribution in [2.75, 3.05) is 16.8 Å². The maximum absolute atomic E-state index is 13.7. The van der Waals surface area contributed by atoms with Crippen LogP contribution in [0.15, 0.2) is 54.7 Å². The minimum absolute atomic E-state index is 0.0246. The number of carbonyl (C=O) groups excluding carboxylic acids is 2. The monoisotopic (exact) mass is 382 g/mol. The lowest BCUT2D eigenvalue weighted by Crippen LogP contribution is -2.46. The third-order valence-corrected chi connectivity index (χ3v) is 5.74. The van der Waals surface area contributed by atoms with Crippen LogP contribution in [0, 0.1) is 19.3 Å². The first-order chi connectivity index (χ1) is 14.1. The van der Waals surface area contributed by atoms with Gasteiger partial charge in [0, 0.05) is 12.0 Å². The molecule has 1 aromatic heterocycles. The van der Waals surface area contributed by atoms with Gasteiger partial charge in [0.05, 0.1) is 24.1 Å². The lowest BCUT2D eigenvalue weighted by molar-refractivity contribution is -0.126. The summed E-state index contributed by atoms with van der Waals surface area (Å²) in [4.78, 5) is 28.2. The number of benzene rings is 2. The molecule has 1 atom stereocenters. The van der Waals surface area contributed by atoms with E-state index >= 15 is 0 Å².